The summed E-state index contributed by atoms with van der Waals surface area (Å²) in [6.45, 7) is -2.94. The second kappa shape index (κ2) is 8.74. The molecule has 3 nitrogen and oxygen atoms in total. The topological polar surface area (TPSA) is 38.3 Å². The highest BCUT2D eigenvalue weighted by molar-refractivity contribution is 7.99. The summed E-state index contributed by atoms with van der Waals surface area (Å²) in [5.41, 5.74) is 1.28. The molecular formula is C16H14ClF2NO2S. The summed E-state index contributed by atoms with van der Waals surface area (Å²) in [6.07, 6.45) is 0. The van der Waals surface area contributed by atoms with Gasteiger partial charge in [0, 0.05) is 10.8 Å². The maximum atomic E-state index is 12.3. The average molecular weight is 358 g/mol. The van der Waals surface area contributed by atoms with Crippen LogP contribution in [0.2, 0.25) is 5.02 Å². The zero-order valence-corrected chi connectivity index (χ0v) is 13.5. The van der Waals surface area contributed by atoms with Crippen molar-refractivity contribution in [1.82, 2.24) is 0 Å². The van der Waals surface area contributed by atoms with Gasteiger partial charge in [0.15, 0.2) is 0 Å². The molecular weight excluding hydrogens is 344 g/mol. The second-order valence-corrected chi connectivity index (χ2v) is 5.96. The number of anilines is 1. The first-order chi connectivity index (χ1) is 11.0. The standard InChI is InChI=1S/C16H14ClF2NO2S/c17-12-7-5-11(6-8-12)9-23-10-15(21)20-13-3-1-2-4-14(13)22-16(18)19/h1-8,16H,9-10H2,(H,20,21). The Bertz CT molecular complexity index is 653. The Balaban J connectivity index is 1.84. The van der Waals surface area contributed by atoms with Crippen molar-refractivity contribution in [3.8, 4) is 5.75 Å². The van der Waals surface area contributed by atoms with Crippen LogP contribution in [0.25, 0.3) is 0 Å². The van der Waals surface area contributed by atoms with Gasteiger partial charge in [0.05, 0.1) is 11.4 Å². The van der Waals surface area contributed by atoms with Crippen molar-refractivity contribution < 1.29 is 18.3 Å². The fraction of sp³-hybridized carbons (Fsp3) is 0.188. The number of amides is 1. The van der Waals surface area contributed by atoms with Crippen LogP contribution in [0.5, 0.6) is 5.75 Å². The van der Waals surface area contributed by atoms with E-state index in [9.17, 15) is 13.6 Å². The van der Waals surface area contributed by atoms with Crippen LogP contribution in [-0.4, -0.2) is 18.3 Å². The molecule has 1 N–H and O–H groups in total. The number of para-hydroxylation sites is 2. The van der Waals surface area contributed by atoms with Crippen molar-refractivity contribution in [2.24, 2.45) is 0 Å². The first-order valence-electron chi connectivity index (χ1n) is 6.70. The van der Waals surface area contributed by atoms with Crippen molar-refractivity contribution in [2.45, 2.75) is 12.4 Å². The van der Waals surface area contributed by atoms with Crippen LogP contribution < -0.4 is 10.1 Å². The summed E-state index contributed by atoms with van der Waals surface area (Å²) in [6, 6.07) is 13.4. The molecule has 0 unspecified atom stereocenters. The Morgan fingerprint density at radius 3 is 2.57 bits per heavy atom. The highest BCUT2D eigenvalue weighted by atomic mass is 35.5. The van der Waals surface area contributed by atoms with Crippen LogP contribution in [-0.2, 0) is 10.5 Å². The van der Waals surface area contributed by atoms with Crippen molar-refractivity contribution >= 4 is 35.0 Å². The van der Waals surface area contributed by atoms with Gasteiger partial charge in [-0.1, -0.05) is 35.9 Å². The summed E-state index contributed by atoms with van der Waals surface area (Å²) in [5.74, 6) is 0.513. The van der Waals surface area contributed by atoms with Gasteiger partial charge in [-0.3, -0.25) is 4.79 Å². The predicted molar refractivity (Wildman–Crippen MR) is 89.3 cm³/mol. The summed E-state index contributed by atoms with van der Waals surface area (Å²) in [7, 11) is 0. The third-order valence-electron chi connectivity index (χ3n) is 2.79. The van der Waals surface area contributed by atoms with Gasteiger partial charge in [-0.2, -0.15) is 8.78 Å². The van der Waals surface area contributed by atoms with E-state index >= 15 is 0 Å². The third-order valence-corrected chi connectivity index (χ3v) is 4.05. The van der Waals surface area contributed by atoms with Crippen LogP contribution in [0.3, 0.4) is 0 Å². The molecule has 2 aromatic rings. The van der Waals surface area contributed by atoms with Gasteiger partial charge in [-0.05, 0) is 29.8 Å². The zero-order valence-electron chi connectivity index (χ0n) is 12.0. The number of carbonyl (C=O) groups excluding carboxylic acids is 1. The normalized spacial score (nSPS) is 10.6. The number of hydrogen-bond donors (Lipinski definition) is 1. The van der Waals surface area contributed by atoms with Crippen molar-refractivity contribution in [1.29, 1.82) is 0 Å². The molecule has 0 aromatic heterocycles. The molecule has 2 aromatic carbocycles. The van der Waals surface area contributed by atoms with E-state index in [1.54, 1.807) is 24.3 Å². The molecule has 2 rings (SSSR count). The maximum Gasteiger partial charge on any atom is 0.387 e. The largest absolute Gasteiger partial charge is 0.433 e. The van der Waals surface area contributed by atoms with Gasteiger partial charge in [0.1, 0.15) is 5.75 Å². The highest BCUT2D eigenvalue weighted by Crippen LogP contribution is 2.25. The molecule has 0 aliphatic heterocycles. The SMILES string of the molecule is O=C(CSCc1ccc(Cl)cc1)Nc1ccccc1OC(F)F. The minimum absolute atomic E-state index is 0.0569. The van der Waals surface area contributed by atoms with Crippen LogP contribution in [0.1, 0.15) is 5.56 Å². The number of benzene rings is 2. The van der Waals surface area contributed by atoms with Gasteiger partial charge >= 0.3 is 6.61 Å². The number of alkyl halides is 2. The number of hydrogen-bond acceptors (Lipinski definition) is 3. The molecule has 7 heteroatoms. The molecule has 0 aliphatic carbocycles. The van der Waals surface area contributed by atoms with Crippen LogP contribution in [0.4, 0.5) is 14.5 Å². The number of carbonyl (C=O) groups is 1. The second-order valence-electron chi connectivity index (χ2n) is 4.54. The number of rotatable bonds is 7. The third kappa shape index (κ3) is 6.08. The molecule has 0 atom stereocenters. The van der Waals surface area contributed by atoms with Crippen molar-refractivity contribution in [3.63, 3.8) is 0 Å². The summed E-state index contributed by atoms with van der Waals surface area (Å²) in [4.78, 5) is 11.9. The summed E-state index contributed by atoms with van der Waals surface area (Å²) in [5, 5.41) is 3.23. The molecule has 0 saturated heterocycles. The molecule has 1 amide bonds. The van der Waals surface area contributed by atoms with Crippen molar-refractivity contribution in [2.75, 3.05) is 11.1 Å². The number of ether oxygens (including phenoxy) is 1. The predicted octanol–water partition coefficient (Wildman–Crippen LogP) is 4.81. The van der Waals surface area contributed by atoms with E-state index in [1.807, 2.05) is 12.1 Å². The smallest absolute Gasteiger partial charge is 0.387 e. The zero-order chi connectivity index (χ0) is 16.7. The van der Waals surface area contributed by atoms with E-state index in [-0.39, 0.29) is 23.1 Å². The van der Waals surface area contributed by atoms with E-state index in [0.29, 0.717) is 10.8 Å². The molecule has 122 valence electrons. The Kier molecular flexibility index (Phi) is 6.67. The Hall–Kier alpha value is -1.79. The summed E-state index contributed by atoms with van der Waals surface area (Å²) >= 11 is 7.22. The number of nitrogens with one attached hydrogen (secondary N) is 1. The first kappa shape index (κ1) is 17.6. The van der Waals surface area contributed by atoms with Crippen LogP contribution in [0, 0.1) is 0 Å². The molecule has 0 radical (unpaired) electrons. The Morgan fingerprint density at radius 2 is 1.87 bits per heavy atom. The Morgan fingerprint density at radius 1 is 1.17 bits per heavy atom. The quantitative estimate of drug-likeness (QED) is 0.772. The highest BCUT2D eigenvalue weighted by Gasteiger charge is 2.11. The van der Waals surface area contributed by atoms with Crippen molar-refractivity contribution in [3.05, 3.63) is 59.1 Å². The summed E-state index contributed by atoms with van der Waals surface area (Å²) < 4.78 is 29.0. The lowest BCUT2D eigenvalue weighted by atomic mass is 10.2. The minimum Gasteiger partial charge on any atom is -0.433 e. The molecule has 0 fully saturated rings. The van der Waals surface area contributed by atoms with Gasteiger partial charge in [0.2, 0.25) is 5.91 Å². The van der Waals surface area contributed by atoms with Crippen LogP contribution in [0.15, 0.2) is 48.5 Å². The van der Waals surface area contributed by atoms with E-state index in [2.05, 4.69) is 10.1 Å². The molecule has 0 spiro atoms. The van der Waals surface area contributed by atoms with Gasteiger partial charge in [-0.25, -0.2) is 0 Å². The fourth-order valence-electron chi connectivity index (χ4n) is 1.80. The monoisotopic (exact) mass is 357 g/mol. The lowest BCUT2D eigenvalue weighted by molar-refractivity contribution is -0.113. The Labute approximate surface area is 142 Å². The lowest BCUT2D eigenvalue weighted by Gasteiger charge is -2.11. The number of halogens is 3. The van der Waals surface area contributed by atoms with Gasteiger partial charge in [-0.15, -0.1) is 11.8 Å². The maximum absolute atomic E-state index is 12.3. The molecule has 0 aliphatic rings. The fourth-order valence-corrected chi connectivity index (χ4v) is 2.71. The molecule has 0 bridgehead atoms. The van der Waals surface area contributed by atoms with Crippen LogP contribution >= 0.6 is 23.4 Å². The van der Waals surface area contributed by atoms with E-state index in [4.69, 9.17) is 11.6 Å². The van der Waals surface area contributed by atoms with Gasteiger partial charge < -0.3 is 10.1 Å². The van der Waals surface area contributed by atoms with E-state index < -0.39 is 6.61 Å². The molecule has 0 saturated carbocycles. The van der Waals surface area contributed by atoms with Gasteiger partial charge in [0.25, 0.3) is 0 Å². The lowest BCUT2D eigenvalue weighted by Crippen LogP contribution is -2.15. The molecule has 23 heavy (non-hydrogen) atoms. The van der Waals surface area contributed by atoms with E-state index in [1.165, 1.54) is 23.9 Å². The van der Waals surface area contributed by atoms with E-state index in [0.717, 1.165) is 5.56 Å². The minimum atomic E-state index is -2.94. The number of thioether (sulfide) groups is 1. The average Bonchev–Trinajstić information content (AvgIpc) is 2.51. The first-order valence-corrected chi connectivity index (χ1v) is 8.24. The molecule has 0 heterocycles.